The number of piperidine rings is 1. The Hall–Kier alpha value is -4.70. The summed E-state index contributed by atoms with van der Waals surface area (Å²) in [6.45, 7) is 1.76. The van der Waals surface area contributed by atoms with E-state index in [2.05, 4.69) is 27.0 Å². The maximum absolute atomic E-state index is 14.1. The molecule has 0 aliphatic carbocycles. The molecule has 4 heterocycles. The zero-order chi connectivity index (χ0) is 26.9. The minimum atomic E-state index is -0.270. The molecule has 1 fully saturated rings. The molecule has 1 aliphatic rings. The molecule has 2 aromatic carbocycles. The van der Waals surface area contributed by atoms with Crippen molar-refractivity contribution in [1.29, 1.82) is 10.5 Å². The highest BCUT2D eigenvalue weighted by atomic mass is 35.5. The summed E-state index contributed by atoms with van der Waals surface area (Å²) < 4.78 is 3.39. The topological polar surface area (TPSA) is 130 Å². The molecule has 10 heteroatoms. The number of benzene rings is 2. The molecule has 5 aromatic rings. The number of nitrogens with zero attached hydrogens (tertiary/aromatic N) is 7. The molecule has 1 atom stereocenters. The first-order chi connectivity index (χ1) is 19.1. The van der Waals surface area contributed by atoms with Gasteiger partial charge in [-0.3, -0.25) is 14.3 Å². The molecule has 0 spiro atoms. The van der Waals surface area contributed by atoms with Crippen molar-refractivity contribution in [3.05, 3.63) is 99.9 Å². The summed E-state index contributed by atoms with van der Waals surface area (Å²) in [6.07, 6.45) is 5.02. The third-order valence-electron chi connectivity index (χ3n) is 7.41. The fraction of sp³-hybridized carbons (Fsp3) is 0.233. The Kier molecular flexibility index (Phi) is 7.52. The van der Waals surface area contributed by atoms with E-state index in [1.54, 1.807) is 12.3 Å². The lowest BCUT2D eigenvalue weighted by Crippen LogP contribution is -2.44. The minimum Gasteiger partial charge on any atom is -0.355 e. The smallest absolute Gasteiger partial charge is 0.278 e. The van der Waals surface area contributed by atoms with Crippen LogP contribution in [-0.4, -0.2) is 38.2 Å². The summed E-state index contributed by atoms with van der Waals surface area (Å²) in [7, 11) is 0. The SMILES string of the molecule is Cl.N#Cc1ccccc1Cn1c(N2CCC[C@H](N)C2)c(C#N)c2ncn(Cc3nccc4ccccc34)c(=O)c21. The summed E-state index contributed by atoms with van der Waals surface area (Å²) in [5.74, 6) is 0.626. The van der Waals surface area contributed by atoms with Gasteiger partial charge in [-0.2, -0.15) is 10.5 Å². The fourth-order valence-electron chi connectivity index (χ4n) is 5.56. The van der Waals surface area contributed by atoms with Crippen LogP contribution >= 0.6 is 12.4 Å². The molecule has 0 radical (unpaired) electrons. The Morgan fingerprint density at radius 3 is 2.60 bits per heavy atom. The van der Waals surface area contributed by atoms with Gasteiger partial charge in [-0.05, 0) is 35.9 Å². The van der Waals surface area contributed by atoms with E-state index in [4.69, 9.17) is 5.73 Å². The van der Waals surface area contributed by atoms with Gasteiger partial charge in [0.25, 0.3) is 5.56 Å². The van der Waals surface area contributed by atoms with Crippen molar-refractivity contribution in [3.8, 4) is 12.1 Å². The second-order valence-electron chi connectivity index (χ2n) is 9.87. The van der Waals surface area contributed by atoms with Crippen LogP contribution in [0, 0.1) is 22.7 Å². The van der Waals surface area contributed by atoms with E-state index in [1.807, 2.05) is 53.1 Å². The van der Waals surface area contributed by atoms with Crippen LogP contribution < -0.4 is 16.2 Å². The average molecular weight is 551 g/mol. The van der Waals surface area contributed by atoms with Gasteiger partial charge < -0.3 is 15.2 Å². The van der Waals surface area contributed by atoms with Gasteiger partial charge in [-0.1, -0.05) is 42.5 Å². The molecule has 200 valence electrons. The lowest BCUT2D eigenvalue weighted by Gasteiger charge is -2.33. The molecular weight excluding hydrogens is 524 g/mol. The molecule has 6 rings (SSSR count). The van der Waals surface area contributed by atoms with E-state index in [0.717, 1.165) is 34.9 Å². The van der Waals surface area contributed by atoms with Gasteiger partial charge in [-0.25, -0.2) is 4.98 Å². The highest BCUT2D eigenvalue weighted by Crippen LogP contribution is 2.33. The van der Waals surface area contributed by atoms with E-state index in [1.165, 1.54) is 10.9 Å². The number of anilines is 1. The van der Waals surface area contributed by atoms with Crippen LogP contribution in [0.15, 0.2) is 71.9 Å². The molecule has 3 aromatic heterocycles. The van der Waals surface area contributed by atoms with E-state index in [-0.39, 0.29) is 37.1 Å². The van der Waals surface area contributed by atoms with Crippen LogP contribution in [0.2, 0.25) is 0 Å². The van der Waals surface area contributed by atoms with Crippen molar-refractivity contribution in [1.82, 2.24) is 19.1 Å². The van der Waals surface area contributed by atoms with Crippen molar-refractivity contribution in [3.63, 3.8) is 0 Å². The summed E-state index contributed by atoms with van der Waals surface area (Å²) >= 11 is 0. The Morgan fingerprint density at radius 1 is 1.00 bits per heavy atom. The largest absolute Gasteiger partial charge is 0.355 e. The number of nitriles is 2. The third kappa shape index (κ3) is 4.66. The normalized spacial score (nSPS) is 15.0. The molecule has 2 N–H and O–H groups in total. The van der Waals surface area contributed by atoms with E-state index >= 15 is 0 Å². The monoisotopic (exact) mass is 550 g/mol. The minimum absolute atomic E-state index is 0. The molecule has 9 nitrogen and oxygen atoms in total. The second kappa shape index (κ2) is 11.2. The van der Waals surface area contributed by atoms with Crippen LogP contribution in [0.3, 0.4) is 0 Å². The Morgan fingerprint density at radius 2 is 1.80 bits per heavy atom. The fourth-order valence-corrected chi connectivity index (χ4v) is 5.56. The number of nitrogens with two attached hydrogens (primary N) is 1. The maximum Gasteiger partial charge on any atom is 0.278 e. The Bertz CT molecular complexity index is 1860. The molecule has 1 aliphatic heterocycles. The number of halogens is 1. The summed E-state index contributed by atoms with van der Waals surface area (Å²) in [5.41, 5.74) is 9.11. The van der Waals surface area contributed by atoms with Gasteiger partial charge in [0.1, 0.15) is 28.5 Å². The predicted molar refractivity (Wildman–Crippen MR) is 156 cm³/mol. The van der Waals surface area contributed by atoms with Crippen LogP contribution in [0.4, 0.5) is 5.82 Å². The summed E-state index contributed by atoms with van der Waals surface area (Å²) in [5, 5.41) is 22.0. The third-order valence-corrected chi connectivity index (χ3v) is 7.41. The first-order valence-electron chi connectivity index (χ1n) is 12.9. The molecule has 0 amide bonds. The van der Waals surface area contributed by atoms with E-state index in [0.29, 0.717) is 41.1 Å². The average Bonchev–Trinajstić information content (AvgIpc) is 3.28. The molecular formula is C30H27ClN8O. The predicted octanol–water partition coefficient (Wildman–Crippen LogP) is 3.94. The highest BCUT2D eigenvalue weighted by molar-refractivity contribution is 5.89. The van der Waals surface area contributed by atoms with E-state index < -0.39 is 0 Å². The van der Waals surface area contributed by atoms with Crippen molar-refractivity contribution in [2.75, 3.05) is 18.0 Å². The Labute approximate surface area is 237 Å². The lowest BCUT2D eigenvalue weighted by atomic mass is 10.1. The van der Waals surface area contributed by atoms with Crippen molar-refractivity contribution in [2.24, 2.45) is 5.73 Å². The zero-order valence-electron chi connectivity index (χ0n) is 21.7. The molecule has 0 saturated carbocycles. The Balaban J connectivity index is 0.00000323. The van der Waals surface area contributed by atoms with E-state index in [9.17, 15) is 15.3 Å². The number of aromatic nitrogens is 4. The summed E-state index contributed by atoms with van der Waals surface area (Å²) in [6, 6.07) is 21.7. The number of fused-ring (bicyclic) bond motifs is 2. The van der Waals surface area contributed by atoms with Gasteiger partial charge in [0, 0.05) is 30.7 Å². The van der Waals surface area contributed by atoms with Crippen LogP contribution in [0.25, 0.3) is 21.8 Å². The van der Waals surface area contributed by atoms with Crippen molar-refractivity contribution >= 4 is 40.0 Å². The van der Waals surface area contributed by atoms with Gasteiger partial charge >= 0.3 is 0 Å². The number of hydrogen-bond acceptors (Lipinski definition) is 7. The molecule has 0 unspecified atom stereocenters. The first-order valence-corrected chi connectivity index (χ1v) is 12.9. The second-order valence-corrected chi connectivity index (χ2v) is 9.87. The molecule has 40 heavy (non-hydrogen) atoms. The van der Waals surface area contributed by atoms with Crippen molar-refractivity contribution in [2.45, 2.75) is 32.0 Å². The molecule has 1 saturated heterocycles. The zero-order valence-corrected chi connectivity index (χ0v) is 22.5. The van der Waals surface area contributed by atoms with Crippen LogP contribution in [0.5, 0.6) is 0 Å². The number of rotatable bonds is 5. The number of hydrogen-bond donors (Lipinski definition) is 1. The van der Waals surface area contributed by atoms with Gasteiger partial charge in [0.2, 0.25) is 0 Å². The lowest BCUT2D eigenvalue weighted by molar-refractivity contribution is 0.498. The van der Waals surface area contributed by atoms with Gasteiger partial charge in [0.15, 0.2) is 0 Å². The molecule has 0 bridgehead atoms. The van der Waals surface area contributed by atoms with Gasteiger partial charge in [-0.15, -0.1) is 12.4 Å². The highest BCUT2D eigenvalue weighted by Gasteiger charge is 2.29. The van der Waals surface area contributed by atoms with Crippen LogP contribution in [-0.2, 0) is 13.1 Å². The quantitative estimate of drug-likeness (QED) is 0.351. The number of pyridine rings is 1. The maximum atomic E-state index is 14.1. The standard InChI is InChI=1S/C30H26N8O.ClH/c31-14-21-7-1-2-8-22(21)16-38-28-27(25(15-32)29(38)36-13-5-9-23(33)17-36)35-19-37(30(28)39)18-26-24-10-4-3-6-20(24)11-12-34-26;/h1-4,6-8,10-12,19,23H,5,9,13,16-18,33H2;1H/t23-;/m0./s1. The van der Waals surface area contributed by atoms with Gasteiger partial charge in [0.05, 0.1) is 36.7 Å². The van der Waals surface area contributed by atoms with Crippen LogP contribution in [0.1, 0.15) is 35.2 Å². The summed E-state index contributed by atoms with van der Waals surface area (Å²) in [4.78, 5) is 25.4. The first kappa shape index (κ1) is 26.9. The van der Waals surface area contributed by atoms with Crippen molar-refractivity contribution < 1.29 is 0 Å².